The van der Waals surface area contributed by atoms with Gasteiger partial charge in [0.1, 0.15) is 5.75 Å². The molecule has 0 aliphatic carbocycles. The topological polar surface area (TPSA) is 57.4 Å². The maximum absolute atomic E-state index is 6.25. The van der Waals surface area contributed by atoms with Gasteiger partial charge in [-0.2, -0.15) is 0 Å². The van der Waals surface area contributed by atoms with Crippen LogP contribution >= 0.6 is 0 Å². The van der Waals surface area contributed by atoms with E-state index in [0.29, 0.717) is 0 Å². The third-order valence-corrected chi connectivity index (χ3v) is 3.11. The Hall–Kier alpha value is -1.13. The minimum absolute atomic E-state index is 0.106. The minimum Gasteiger partial charge on any atom is -0.489 e. The number of hydrogen-bond donors (Lipinski definition) is 1. The standard InChI is InChI=1S/C14H22N2O2/c1-10(2)18-12-7-11(8-16-9-12)14(15)13-5-3-4-6-17-13/h7-10,13-14H,3-6,15H2,1-2H3. The van der Waals surface area contributed by atoms with Gasteiger partial charge in [-0.1, -0.05) is 0 Å². The fourth-order valence-corrected chi connectivity index (χ4v) is 2.22. The number of ether oxygens (including phenoxy) is 2. The molecule has 100 valence electrons. The van der Waals surface area contributed by atoms with E-state index in [0.717, 1.165) is 30.8 Å². The van der Waals surface area contributed by atoms with Gasteiger partial charge in [0.15, 0.2) is 0 Å². The lowest BCUT2D eigenvalue weighted by atomic mass is 9.97. The van der Waals surface area contributed by atoms with E-state index in [1.54, 1.807) is 12.4 Å². The molecule has 1 aromatic heterocycles. The monoisotopic (exact) mass is 250 g/mol. The first-order valence-corrected chi connectivity index (χ1v) is 6.65. The summed E-state index contributed by atoms with van der Waals surface area (Å²) in [4.78, 5) is 4.19. The summed E-state index contributed by atoms with van der Waals surface area (Å²) in [6.07, 6.45) is 7.12. The van der Waals surface area contributed by atoms with Gasteiger partial charge in [-0.15, -0.1) is 0 Å². The fourth-order valence-electron chi connectivity index (χ4n) is 2.22. The van der Waals surface area contributed by atoms with Crippen molar-refractivity contribution in [1.82, 2.24) is 4.98 Å². The Labute approximate surface area is 108 Å². The molecule has 1 aliphatic heterocycles. The van der Waals surface area contributed by atoms with Crippen LogP contribution in [0.4, 0.5) is 0 Å². The van der Waals surface area contributed by atoms with Crippen molar-refractivity contribution in [3.05, 3.63) is 24.0 Å². The number of aromatic nitrogens is 1. The van der Waals surface area contributed by atoms with Crippen LogP contribution in [0.3, 0.4) is 0 Å². The van der Waals surface area contributed by atoms with E-state index in [9.17, 15) is 0 Å². The molecule has 1 fully saturated rings. The highest BCUT2D eigenvalue weighted by Gasteiger charge is 2.23. The Morgan fingerprint density at radius 2 is 2.22 bits per heavy atom. The van der Waals surface area contributed by atoms with Gasteiger partial charge < -0.3 is 15.2 Å². The first-order valence-electron chi connectivity index (χ1n) is 6.65. The molecule has 0 bridgehead atoms. The molecule has 2 unspecified atom stereocenters. The lowest BCUT2D eigenvalue weighted by Crippen LogP contribution is -2.32. The van der Waals surface area contributed by atoms with E-state index >= 15 is 0 Å². The normalized spacial score (nSPS) is 21.9. The highest BCUT2D eigenvalue weighted by atomic mass is 16.5. The molecule has 1 aliphatic rings. The van der Waals surface area contributed by atoms with Gasteiger partial charge in [-0.25, -0.2) is 0 Å². The molecule has 1 aromatic rings. The van der Waals surface area contributed by atoms with E-state index in [4.69, 9.17) is 15.2 Å². The third-order valence-electron chi connectivity index (χ3n) is 3.11. The first kappa shape index (κ1) is 13.3. The SMILES string of the molecule is CC(C)Oc1cncc(C(N)C2CCCCO2)c1. The summed E-state index contributed by atoms with van der Waals surface area (Å²) in [5.74, 6) is 0.772. The maximum atomic E-state index is 6.25. The predicted molar refractivity (Wildman–Crippen MR) is 70.5 cm³/mol. The average molecular weight is 250 g/mol. The van der Waals surface area contributed by atoms with Crippen LogP contribution in [0.1, 0.15) is 44.7 Å². The molecular weight excluding hydrogens is 228 g/mol. The molecule has 0 radical (unpaired) electrons. The second-order valence-corrected chi connectivity index (χ2v) is 5.05. The zero-order valence-corrected chi connectivity index (χ0v) is 11.1. The Bertz CT molecular complexity index is 376. The highest BCUT2D eigenvalue weighted by Crippen LogP contribution is 2.26. The van der Waals surface area contributed by atoms with Gasteiger partial charge in [0, 0.05) is 12.8 Å². The summed E-state index contributed by atoms with van der Waals surface area (Å²) in [5.41, 5.74) is 7.24. The first-order chi connectivity index (χ1) is 8.66. The zero-order valence-electron chi connectivity index (χ0n) is 11.1. The van der Waals surface area contributed by atoms with Crippen molar-refractivity contribution in [3.8, 4) is 5.75 Å². The van der Waals surface area contributed by atoms with E-state index < -0.39 is 0 Å². The Morgan fingerprint density at radius 1 is 1.39 bits per heavy atom. The molecule has 1 saturated heterocycles. The second-order valence-electron chi connectivity index (χ2n) is 5.05. The Morgan fingerprint density at radius 3 is 2.89 bits per heavy atom. The fraction of sp³-hybridized carbons (Fsp3) is 0.643. The molecule has 2 heterocycles. The van der Waals surface area contributed by atoms with Crippen molar-refractivity contribution < 1.29 is 9.47 Å². The van der Waals surface area contributed by atoms with Crippen LogP contribution < -0.4 is 10.5 Å². The van der Waals surface area contributed by atoms with Gasteiger partial charge in [0.25, 0.3) is 0 Å². The molecule has 0 spiro atoms. The van der Waals surface area contributed by atoms with Crippen molar-refractivity contribution in [2.75, 3.05) is 6.61 Å². The van der Waals surface area contributed by atoms with Gasteiger partial charge >= 0.3 is 0 Å². The summed E-state index contributed by atoms with van der Waals surface area (Å²) in [6, 6.07) is 1.85. The van der Waals surface area contributed by atoms with E-state index in [-0.39, 0.29) is 18.2 Å². The highest BCUT2D eigenvalue weighted by molar-refractivity contribution is 5.26. The molecular formula is C14H22N2O2. The van der Waals surface area contributed by atoms with Crippen LogP contribution in [0.15, 0.2) is 18.5 Å². The smallest absolute Gasteiger partial charge is 0.138 e. The van der Waals surface area contributed by atoms with Gasteiger partial charge in [-0.3, -0.25) is 4.98 Å². The summed E-state index contributed by atoms with van der Waals surface area (Å²) < 4.78 is 11.4. The largest absolute Gasteiger partial charge is 0.489 e. The summed E-state index contributed by atoms with van der Waals surface area (Å²) in [5, 5.41) is 0. The second kappa shape index (κ2) is 6.16. The Kier molecular flexibility index (Phi) is 4.55. The lowest BCUT2D eigenvalue weighted by Gasteiger charge is -2.28. The number of hydrogen-bond acceptors (Lipinski definition) is 4. The molecule has 2 N–H and O–H groups in total. The molecule has 2 atom stereocenters. The maximum Gasteiger partial charge on any atom is 0.138 e. The van der Waals surface area contributed by atoms with Crippen LogP contribution in [0.2, 0.25) is 0 Å². The third kappa shape index (κ3) is 3.43. The van der Waals surface area contributed by atoms with Crippen molar-refractivity contribution in [2.45, 2.75) is 51.4 Å². The van der Waals surface area contributed by atoms with Gasteiger partial charge in [0.2, 0.25) is 0 Å². The number of pyridine rings is 1. The van der Waals surface area contributed by atoms with Crippen LogP contribution in [0.5, 0.6) is 5.75 Å². The van der Waals surface area contributed by atoms with Crippen LogP contribution in [0, 0.1) is 0 Å². The average Bonchev–Trinajstić information content (AvgIpc) is 2.38. The van der Waals surface area contributed by atoms with E-state index in [1.165, 1.54) is 6.42 Å². The number of nitrogens with two attached hydrogens (primary N) is 1. The van der Waals surface area contributed by atoms with Crippen LogP contribution in [-0.2, 0) is 4.74 Å². The lowest BCUT2D eigenvalue weighted by molar-refractivity contribution is -0.0000923. The van der Waals surface area contributed by atoms with Crippen molar-refractivity contribution in [2.24, 2.45) is 5.73 Å². The van der Waals surface area contributed by atoms with Crippen LogP contribution in [-0.4, -0.2) is 23.8 Å². The molecule has 0 saturated carbocycles. The molecule has 4 heteroatoms. The summed E-state index contributed by atoms with van der Waals surface area (Å²) >= 11 is 0. The van der Waals surface area contributed by atoms with Crippen molar-refractivity contribution in [3.63, 3.8) is 0 Å². The number of rotatable bonds is 4. The van der Waals surface area contributed by atoms with Crippen LogP contribution in [0.25, 0.3) is 0 Å². The quantitative estimate of drug-likeness (QED) is 0.891. The minimum atomic E-state index is -0.117. The van der Waals surface area contributed by atoms with Gasteiger partial charge in [-0.05, 0) is 44.7 Å². The molecule has 4 nitrogen and oxygen atoms in total. The van der Waals surface area contributed by atoms with E-state index in [1.807, 2.05) is 19.9 Å². The Balaban J connectivity index is 2.06. The predicted octanol–water partition coefficient (Wildman–Crippen LogP) is 2.44. The van der Waals surface area contributed by atoms with E-state index in [2.05, 4.69) is 4.98 Å². The van der Waals surface area contributed by atoms with Crippen molar-refractivity contribution in [1.29, 1.82) is 0 Å². The molecule has 2 rings (SSSR count). The molecule has 0 amide bonds. The number of nitrogens with zero attached hydrogens (tertiary/aromatic N) is 1. The summed E-state index contributed by atoms with van der Waals surface area (Å²) in [7, 11) is 0. The van der Waals surface area contributed by atoms with Gasteiger partial charge in [0.05, 0.1) is 24.4 Å². The molecule has 18 heavy (non-hydrogen) atoms. The van der Waals surface area contributed by atoms with Crippen molar-refractivity contribution >= 4 is 0 Å². The summed E-state index contributed by atoms with van der Waals surface area (Å²) in [6.45, 7) is 4.81. The molecule has 0 aromatic carbocycles. The zero-order chi connectivity index (χ0) is 13.0.